The minimum absolute atomic E-state index is 0.0451. The molecule has 1 aliphatic carbocycles. The number of aryl methyl sites for hydroxylation is 1. The highest BCUT2D eigenvalue weighted by Gasteiger charge is 2.27. The third-order valence-corrected chi connectivity index (χ3v) is 5.83. The molecule has 0 radical (unpaired) electrons. The van der Waals surface area contributed by atoms with Crippen molar-refractivity contribution < 1.29 is 27.9 Å². The second kappa shape index (κ2) is 9.35. The number of amides is 1. The third-order valence-electron chi connectivity index (χ3n) is 5.83. The van der Waals surface area contributed by atoms with Crippen molar-refractivity contribution in [2.45, 2.75) is 38.5 Å². The number of rotatable bonds is 6. The highest BCUT2D eigenvalue weighted by molar-refractivity contribution is 6.01. The van der Waals surface area contributed by atoms with Gasteiger partial charge < -0.3 is 20.2 Å². The van der Waals surface area contributed by atoms with Gasteiger partial charge in [-0.05, 0) is 73.9 Å². The van der Waals surface area contributed by atoms with E-state index in [0.717, 1.165) is 5.56 Å². The van der Waals surface area contributed by atoms with Gasteiger partial charge in [0.2, 0.25) is 0 Å². The van der Waals surface area contributed by atoms with Crippen molar-refractivity contribution >= 4 is 29.3 Å². The van der Waals surface area contributed by atoms with Crippen LogP contribution in [-0.2, 0) is 4.79 Å². The fraction of sp³-hybridized carbons (Fsp3) is 0.304. The number of anilines is 3. The van der Waals surface area contributed by atoms with Gasteiger partial charge in [0.05, 0.1) is 11.6 Å². The van der Waals surface area contributed by atoms with Crippen molar-refractivity contribution in [3.05, 3.63) is 65.1 Å². The van der Waals surface area contributed by atoms with Crippen LogP contribution in [0, 0.1) is 24.5 Å². The number of halogens is 2. The molecule has 8 nitrogen and oxygen atoms in total. The van der Waals surface area contributed by atoms with E-state index in [1.165, 1.54) is 18.2 Å². The third kappa shape index (κ3) is 5.16. The Morgan fingerprint density at radius 3 is 2.45 bits per heavy atom. The number of carbonyl (C=O) groups is 2. The molecule has 33 heavy (non-hydrogen) atoms. The summed E-state index contributed by atoms with van der Waals surface area (Å²) in [5.74, 6) is -3.26. The predicted molar refractivity (Wildman–Crippen MR) is 115 cm³/mol. The molecule has 1 aromatic heterocycles. The van der Waals surface area contributed by atoms with Gasteiger partial charge in [-0.25, -0.2) is 8.78 Å². The standard InChI is InChI=1S/C23H22F2N4O4/c1-12-2-8-16(11-17(12)24)26-23-29-28-21(33-23)20(30)27-19-9-7-15(10-18(19)25)13-3-5-14(6-4-13)22(31)32/h2,7-11,13-14H,3-6H2,1H3,(H,26,29)(H,27,30)(H,31,32). The highest BCUT2D eigenvalue weighted by atomic mass is 19.1. The molecule has 3 aromatic rings. The minimum atomic E-state index is -0.792. The first-order chi connectivity index (χ1) is 15.8. The summed E-state index contributed by atoms with van der Waals surface area (Å²) in [6.07, 6.45) is 2.46. The average molecular weight is 456 g/mol. The van der Waals surface area contributed by atoms with Gasteiger partial charge in [-0.1, -0.05) is 17.2 Å². The van der Waals surface area contributed by atoms with Crippen LogP contribution in [0.1, 0.15) is 53.4 Å². The molecule has 1 fully saturated rings. The van der Waals surface area contributed by atoms with Gasteiger partial charge in [0.15, 0.2) is 0 Å². The van der Waals surface area contributed by atoms with Crippen LogP contribution in [0.3, 0.4) is 0 Å². The average Bonchev–Trinajstić information content (AvgIpc) is 3.26. The zero-order chi connectivity index (χ0) is 23.5. The van der Waals surface area contributed by atoms with Crippen molar-refractivity contribution in [2.75, 3.05) is 10.6 Å². The maximum Gasteiger partial charge on any atom is 0.320 e. The number of carboxylic acid groups (broad SMARTS) is 1. The van der Waals surface area contributed by atoms with Crippen LogP contribution in [0.4, 0.5) is 26.2 Å². The van der Waals surface area contributed by atoms with Crippen LogP contribution < -0.4 is 10.6 Å². The topological polar surface area (TPSA) is 117 Å². The Labute approximate surface area is 188 Å². The summed E-state index contributed by atoms with van der Waals surface area (Å²) in [7, 11) is 0. The number of carbonyl (C=O) groups excluding carboxylic acids is 1. The Hall–Kier alpha value is -3.82. The van der Waals surface area contributed by atoms with Crippen LogP contribution in [0.15, 0.2) is 40.8 Å². The number of nitrogens with one attached hydrogen (secondary N) is 2. The van der Waals surface area contributed by atoms with E-state index in [1.54, 1.807) is 25.1 Å². The van der Waals surface area contributed by atoms with Crippen LogP contribution >= 0.6 is 0 Å². The van der Waals surface area contributed by atoms with Gasteiger partial charge >= 0.3 is 23.8 Å². The van der Waals surface area contributed by atoms with E-state index in [1.807, 2.05) is 0 Å². The Morgan fingerprint density at radius 1 is 1.03 bits per heavy atom. The molecular formula is C23H22F2N4O4. The van der Waals surface area contributed by atoms with E-state index in [2.05, 4.69) is 20.8 Å². The molecule has 1 saturated carbocycles. The van der Waals surface area contributed by atoms with E-state index in [4.69, 9.17) is 9.52 Å². The van der Waals surface area contributed by atoms with Gasteiger partial charge in [0.25, 0.3) is 0 Å². The fourth-order valence-corrected chi connectivity index (χ4v) is 3.90. The molecule has 0 unspecified atom stereocenters. The molecule has 2 aromatic carbocycles. The second-order valence-corrected chi connectivity index (χ2v) is 8.08. The normalized spacial score (nSPS) is 18.0. The molecular weight excluding hydrogens is 434 g/mol. The first-order valence-electron chi connectivity index (χ1n) is 10.5. The monoisotopic (exact) mass is 456 g/mol. The fourth-order valence-electron chi connectivity index (χ4n) is 3.90. The maximum atomic E-state index is 14.6. The van der Waals surface area contributed by atoms with Gasteiger partial charge in [-0.15, -0.1) is 5.10 Å². The molecule has 0 spiro atoms. The summed E-state index contributed by atoms with van der Waals surface area (Å²) >= 11 is 0. The van der Waals surface area contributed by atoms with Crippen molar-refractivity contribution in [2.24, 2.45) is 5.92 Å². The van der Waals surface area contributed by atoms with Crippen LogP contribution in [0.5, 0.6) is 0 Å². The van der Waals surface area contributed by atoms with Crippen molar-refractivity contribution in [3.8, 4) is 0 Å². The molecule has 1 aliphatic rings. The van der Waals surface area contributed by atoms with Gasteiger partial charge in [-0.2, -0.15) is 0 Å². The lowest BCUT2D eigenvalue weighted by Gasteiger charge is -2.26. The Balaban J connectivity index is 1.38. The van der Waals surface area contributed by atoms with Crippen molar-refractivity contribution in [1.29, 1.82) is 0 Å². The van der Waals surface area contributed by atoms with Gasteiger partial charge in [-0.3, -0.25) is 9.59 Å². The van der Waals surface area contributed by atoms with E-state index >= 15 is 0 Å². The summed E-state index contributed by atoms with van der Waals surface area (Å²) in [6.45, 7) is 1.63. The number of hydrogen-bond acceptors (Lipinski definition) is 6. The molecule has 0 atom stereocenters. The molecule has 1 amide bonds. The van der Waals surface area contributed by atoms with E-state index < -0.39 is 23.5 Å². The second-order valence-electron chi connectivity index (χ2n) is 8.08. The van der Waals surface area contributed by atoms with Crippen molar-refractivity contribution in [3.63, 3.8) is 0 Å². The molecule has 0 aliphatic heterocycles. The summed E-state index contributed by atoms with van der Waals surface area (Å²) < 4.78 is 33.5. The lowest BCUT2D eigenvalue weighted by molar-refractivity contribution is -0.142. The number of carboxylic acids is 1. The van der Waals surface area contributed by atoms with Crippen LogP contribution in [0.2, 0.25) is 0 Å². The van der Waals surface area contributed by atoms with E-state index in [-0.39, 0.29) is 29.4 Å². The Bertz CT molecular complexity index is 1190. The van der Waals surface area contributed by atoms with E-state index in [9.17, 15) is 18.4 Å². The highest BCUT2D eigenvalue weighted by Crippen LogP contribution is 2.36. The smallest absolute Gasteiger partial charge is 0.320 e. The molecule has 3 N–H and O–H groups in total. The minimum Gasteiger partial charge on any atom is -0.481 e. The number of hydrogen-bond donors (Lipinski definition) is 3. The lowest BCUT2D eigenvalue weighted by Crippen LogP contribution is -2.20. The molecule has 1 heterocycles. The first kappa shape index (κ1) is 22.4. The predicted octanol–water partition coefficient (Wildman–Crippen LogP) is 5.01. The summed E-state index contributed by atoms with van der Waals surface area (Å²) in [5.41, 5.74) is 1.57. The quantitative estimate of drug-likeness (QED) is 0.477. The molecule has 0 bridgehead atoms. The summed E-state index contributed by atoms with van der Waals surface area (Å²) in [4.78, 5) is 23.5. The largest absolute Gasteiger partial charge is 0.481 e. The van der Waals surface area contributed by atoms with Crippen LogP contribution in [-0.4, -0.2) is 27.2 Å². The zero-order valence-corrected chi connectivity index (χ0v) is 17.8. The molecule has 172 valence electrons. The molecule has 10 heteroatoms. The number of aliphatic carboxylic acids is 1. The van der Waals surface area contributed by atoms with Gasteiger partial charge in [0, 0.05) is 5.69 Å². The number of aromatic nitrogens is 2. The van der Waals surface area contributed by atoms with Crippen molar-refractivity contribution in [1.82, 2.24) is 10.2 Å². The van der Waals surface area contributed by atoms with Crippen LogP contribution in [0.25, 0.3) is 0 Å². The maximum absolute atomic E-state index is 14.6. The summed E-state index contributed by atoms with van der Waals surface area (Å²) in [5, 5.41) is 21.5. The zero-order valence-electron chi connectivity index (χ0n) is 17.8. The molecule has 0 saturated heterocycles. The lowest BCUT2D eigenvalue weighted by atomic mass is 9.79. The Kier molecular flexibility index (Phi) is 6.34. The first-order valence-corrected chi connectivity index (χ1v) is 10.5. The van der Waals surface area contributed by atoms with Gasteiger partial charge in [0.1, 0.15) is 11.6 Å². The number of benzene rings is 2. The summed E-state index contributed by atoms with van der Waals surface area (Å²) in [6, 6.07) is 8.86. The number of nitrogens with zero attached hydrogens (tertiary/aromatic N) is 2. The SMILES string of the molecule is Cc1ccc(Nc2nnc(C(=O)Nc3ccc(C4CCC(C(=O)O)CC4)cc3F)o2)cc1F. The van der Waals surface area contributed by atoms with E-state index in [0.29, 0.717) is 36.9 Å². The Morgan fingerprint density at radius 2 is 1.79 bits per heavy atom. The molecule has 4 rings (SSSR count).